The predicted molar refractivity (Wildman–Crippen MR) is 65.0 cm³/mol. The molecule has 13 heavy (non-hydrogen) atoms. The van der Waals surface area contributed by atoms with Crippen molar-refractivity contribution in [2.24, 2.45) is 0 Å². The van der Waals surface area contributed by atoms with Crippen LogP contribution in [0.5, 0.6) is 0 Å². The van der Waals surface area contributed by atoms with Gasteiger partial charge in [-0.2, -0.15) is 5.06 Å². The van der Waals surface area contributed by atoms with Crippen LogP contribution in [-0.2, 0) is 4.62 Å². The van der Waals surface area contributed by atoms with Crippen molar-refractivity contribution in [3.05, 3.63) is 0 Å². The second-order valence-electron chi connectivity index (χ2n) is 2.78. The predicted octanol–water partition coefficient (Wildman–Crippen LogP) is 1.46. The van der Waals surface area contributed by atoms with Gasteiger partial charge in [-0.1, -0.05) is 6.92 Å². The molecule has 0 amide bonds. The summed E-state index contributed by atoms with van der Waals surface area (Å²) in [5.74, 6) is 0. The Balaban J connectivity index is 3.46. The van der Waals surface area contributed by atoms with Crippen LogP contribution in [0.1, 0.15) is 13.3 Å². The van der Waals surface area contributed by atoms with Crippen molar-refractivity contribution in [3.63, 3.8) is 0 Å². The van der Waals surface area contributed by atoms with Crippen LogP contribution in [0.3, 0.4) is 0 Å². The third-order valence-corrected chi connectivity index (χ3v) is 2.63. The number of nitrogens with zero attached hydrogens (tertiary/aromatic N) is 2. The van der Waals surface area contributed by atoms with Gasteiger partial charge in [0.25, 0.3) is 0 Å². The number of aliphatic hydroxyl groups is 1. The lowest BCUT2D eigenvalue weighted by Crippen LogP contribution is -2.33. The fourth-order valence-electron chi connectivity index (χ4n) is 0.956. The molecule has 0 aliphatic heterocycles. The van der Waals surface area contributed by atoms with E-state index in [4.69, 9.17) is 9.73 Å². The third kappa shape index (κ3) is 8.03. The van der Waals surface area contributed by atoms with Gasteiger partial charge in [-0.25, -0.2) is 0 Å². The van der Waals surface area contributed by atoms with Crippen molar-refractivity contribution >= 4 is 28.5 Å². The van der Waals surface area contributed by atoms with Gasteiger partial charge in [0.15, 0.2) is 0 Å². The van der Waals surface area contributed by atoms with Crippen LogP contribution in [0.25, 0.3) is 0 Å². The molecule has 0 rings (SSSR count). The van der Waals surface area contributed by atoms with Gasteiger partial charge < -0.3 is 5.11 Å². The highest BCUT2D eigenvalue weighted by molar-refractivity contribution is 14.2. The van der Waals surface area contributed by atoms with Gasteiger partial charge in [-0.05, 0) is 28.5 Å². The number of halogens is 1. The summed E-state index contributed by atoms with van der Waals surface area (Å²) in [6.45, 7) is 5.32. The Morgan fingerprint density at radius 1 is 1.38 bits per heavy atom. The molecule has 0 aromatic carbocycles. The van der Waals surface area contributed by atoms with Gasteiger partial charge in [0, 0.05) is 26.7 Å². The van der Waals surface area contributed by atoms with E-state index in [0.717, 1.165) is 26.1 Å². The highest BCUT2D eigenvalue weighted by Gasteiger charge is 2.03. The molecular weight excluding hydrogens is 302 g/mol. The molecule has 80 valence electrons. The Hall–Kier alpha value is 1.00. The highest BCUT2D eigenvalue weighted by atomic mass is 127. The third-order valence-electron chi connectivity index (χ3n) is 1.66. The van der Waals surface area contributed by atoms with Crippen molar-refractivity contribution in [1.82, 2.24) is 9.96 Å². The van der Waals surface area contributed by atoms with E-state index in [1.807, 2.05) is 17.0 Å². The molecular formula is C7H18IN2O2P. The summed E-state index contributed by atoms with van der Waals surface area (Å²) >= 11 is 2.19. The number of likely N-dealkylation sites (N-methyl/N-ethyl adjacent to an activating group) is 1. The first-order chi connectivity index (χ1) is 6.24. The van der Waals surface area contributed by atoms with Gasteiger partial charge in [0.1, 0.15) is 6.45 Å². The van der Waals surface area contributed by atoms with Crippen molar-refractivity contribution in [1.29, 1.82) is 0 Å². The lowest BCUT2D eigenvalue weighted by molar-refractivity contribution is -0.0250. The highest BCUT2D eigenvalue weighted by Crippen LogP contribution is 2.22. The Kier molecular flexibility index (Phi) is 10.3. The lowest BCUT2D eigenvalue weighted by Gasteiger charge is -2.21. The van der Waals surface area contributed by atoms with Gasteiger partial charge in [-0.3, -0.25) is 9.52 Å². The van der Waals surface area contributed by atoms with Gasteiger partial charge in [0.2, 0.25) is 0 Å². The molecule has 0 aromatic heterocycles. The normalized spacial score (nSPS) is 12.5. The largest absolute Gasteiger partial charge is 0.381 e. The van der Waals surface area contributed by atoms with Crippen LogP contribution < -0.4 is 0 Å². The average Bonchev–Trinajstić information content (AvgIpc) is 2.12. The molecule has 0 saturated heterocycles. The molecule has 1 N–H and O–H groups in total. The van der Waals surface area contributed by atoms with Crippen molar-refractivity contribution in [3.8, 4) is 0 Å². The van der Waals surface area contributed by atoms with E-state index in [2.05, 4.69) is 29.0 Å². The molecule has 0 saturated carbocycles. The Labute approximate surface area is 94.9 Å². The minimum atomic E-state index is 0.133. The van der Waals surface area contributed by atoms with Crippen LogP contribution >= 0.6 is 28.5 Å². The SMILES string of the molecule is CCCN(CO)CCN(C)OPI. The summed E-state index contributed by atoms with van der Waals surface area (Å²) < 4.78 is 5.25. The molecule has 1 atom stereocenters. The van der Waals surface area contributed by atoms with E-state index < -0.39 is 0 Å². The van der Waals surface area contributed by atoms with E-state index in [-0.39, 0.29) is 6.73 Å². The monoisotopic (exact) mass is 320 g/mol. The quantitative estimate of drug-likeness (QED) is 0.318. The fourth-order valence-corrected chi connectivity index (χ4v) is 2.17. The van der Waals surface area contributed by atoms with Gasteiger partial charge in [0.05, 0.1) is 6.73 Å². The van der Waals surface area contributed by atoms with Crippen LogP contribution in [0.2, 0.25) is 0 Å². The first-order valence-electron chi connectivity index (χ1n) is 4.31. The molecule has 4 nitrogen and oxygen atoms in total. The average molecular weight is 320 g/mol. The summed E-state index contributed by atoms with van der Waals surface area (Å²) in [6.07, 6.45) is 1.07. The Morgan fingerprint density at radius 2 is 2.08 bits per heavy atom. The summed E-state index contributed by atoms with van der Waals surface area (Å²) in [7, 11) is 1.91. The first kappa shape index (κ1) is 14.0. The van der Waals surface area contributed by atoms with Gasteiger partial charge >= 0.3 is 0 Å². The van der Waals surface area contributed by atoms with Crippen LogP contribution in [0.15, 0.2) is 0 Å². The van der Waals surface area contributed by atoms with E-state index in [1.54, 1.807) is 0 Å². The number of hydrogen-bond donors (Lipinski definition) is 1. The van der Waals surface area contributed by atoms with E-state index in [0.29, 0.717) is 6.45 Å². The topological polar surface area (TPSA) is 35.9 Å². The van der Waals surface area contributed by atoms with Crippen LogP contribution in [0.4, 0.5) is 0 Å². The number of rotatable bonds is 8. The Bertz CT molecular complexity index is 121. The minimum absolute atomic E-state index is 0.133. The van der Waals surface area contributed by atoms with Crippen LogP contribution in [0, 0.1) is 0 Å². The van der Waals surface area contributed by atoms with Crippen molar-refractivity contribution < 1.29 is 9.73 Å². The Morgan fingerprint density at radius 3 is 2.54 bits per heavy atom. The summed E-state index contributed by atoms with van der Waals surface area (Å²) in [6, 6.07) is 0. The molecule has 0 fully saturated rings. The molecule has 0 heterocycles. The van der Waals surface area contributed by atoms with E-state index >= 15 is 0 Å². The zero-order valence-corrected chi connectivity index (χ0v) is 11.3. The molecule has 0 aliphatic rings. The molecule has 6 heteroatoms. The molecule has 0 aliphatic carbocycles. The second-order valence-corrected chi connectivity index (χ2v) is 4.44. The summed E-state index contributed by atoms with van der Waals surface area (Å²) in [4.78, 5) is 2.00. The zero-order chi connectivity index (χ0) is 10.1. The van der Waals surface area contributed by atoms with Crippen molar-refractivity contribution in [2.75, 3.05) is 33.4 Å². The lowest BCUT2D eigenvalue weighted by atomic mass is 10.4. The molecule has 1 unspecified atom stereocenters. The smallest absolute Gasteiger partial charge is 0.105 e. The maximum atomic E-state index is 8.97. The number of aliphatic hydroxyl groups excluding tert-OH is 1. The van der Waals surface area contributed by atoms with E-state index in [9.17, 15) is 0 Å². The maximum absolute atomic E-state index is 8.97. The molecule has 0 aromatic rings. The van der Waals surface area contributed by atoms with Crippen molar-refractivity contribution in [2.45, 2.75) is 13.3 Å². The number of hydroxylamine groups is 2. The molecule has 0 spiro atoms. The molecule has 0 radical (unpaired) electrons. The maximum Gasteiger partial charge on any atom is 0.105 e. The summed E-state index contributed by atoms with van der Waals surface area (Å²) in [5, 5.41) is 10.8. The van der Waals surface area contributed by atoms with Crippen LogP contribution in [-0.4, -0.2) is 48.5 Å². The van der Waals surface area contributed by atoms with Gasteiger partial charge in [-0.15, -0.1) is 0 Å². The number of hydrogen-bond acceptors (Lipinski definition) is 4. The second kappa shape index (κ2) is 9.55. The standard InChI is InChI=1S/C7H18IN2O2P/c1-3-4-10(7-11)6-5-9(2)12-13-8/h11,13H,3-7H2,1-2H3. The zero-order valence-electron chi connectivity index (χ0n) is 8.16. The fraction of sp³-hybridized carbons (Fsp3) is 1.00. The summed E-state index contributed by atoms with van der Waals surface area (Å²) in [5.41, 5.74) is 0. The minimum Gasteiger partial charge on any atom is -0.381 e. The van der Waals surface area contributed by atoms with E-state index in [1.165, 1.54) is 0 Å². The molecule has 0 bridgehead atoms. The first-order valence-corrected chi connectivity index (χ1v) is 8.33.